The van der Waals surface area contributed by atoms with Gasteiger partial charge in [-0.15, -0.1) is 0 Å². The monoisotopic (exact) mass is 324 g/mol. The molecule has 3 rings (SSSR count). The van der Waals surface area contributed by atoms with Crippen LogP contribution in [0.5, 0.6) is 0 Å². The SMILES string of the molecule is CCc1cc(N2Cc3ccccc3C[C@@H]2C)nc(N[C@H](C)CC)n1. The van der Waals surface area contributed by atoms with Gasteiger partial charge in [0.15, 0.2) is 0 Å². The summed E-state index contributed by atoms with van der Waals surface area (Å²) in [5.74, 6) is 1.79. The van der Waals surface area contributed by atoms with E-state index in [0.717, 1.165) is 43.3 Å². The van der Waals surface area contributed by atoms with Gasteiger partial charge in [0.05, 0.1) is 0 Å². The van der Waals surface area contributed by atoms with Crippen molar-refractivity contribution in [1.29, 1.82) is 0 Å². The van der Waals surface area contributed by atoms with Crippen LogP contribution in [0.1, 0.15) is 50.9 Å². The molecule has 1 aromatic heterocycles. The van der Waals surface area contributed by atoms with Gasteiger partial charge in [-0.25, -0.2) is 4.98 Å². The number of aromatic nitrogens is 2. The second-order valence-electron chi connectivity index (χ2n) is 6.80. The van der Waals surface area contributed by atoms with Crippen molar-refractivity contribution in [1.82, 2.24) is 9.97 Å². The topological polar surface area (TPSA) is 41.1 Å². The number of nitrogens with zero attached hydrogens (tertiary/aromatic N) is 3. The molecule has 0 aliphatic carbocycles. The third-order valence-electron chi connectivity index (χ3n) is 4.92. The molecular formula is C20H28N4. The van der Waals surface area contributed by atoms with Crippen molar-refractivity contribution in [3.8, 4) is 0 Å². The maximum atomic E-state index is 4.82. The van der Waals surface area contributed by atoms with E-state index in [-0.39, 0.29) is 0 Å². The summed E-state index contributed by atoms with van der Waals surface area (Å²) in [4.78, 5) is 11.9. The molecule has 1 aliphatic heterocycles. The normalized spacial score (nSPS) is 18.2. The van der Waals surface area contributed by atoms with Gasteiger partial charge in [0, 0.05) is 30.4 Å². The Morgan fingerprint density at radius 3 is 2.67 bits per heavy atom. The zero-order valence-corrected chi connectivity index (χ0v) is 15.2. The minimum atomic E-state index is 0.379. The van der Waals surface area contributed by atoms with Crippen molar-refractivity contribution in [2.75, 3.05) is 10.2 Å². The van der Waals surface area contributed by atoms with Gasteiger partial charge in [0.1, 0.15) is 5.82 Å². The van der Waals surface area contributed by atoms with Crippen LogP contribution in [0.2, 0.25) is 0 Å². The minimum Gasteiger partial charge on any atom is -0.352 e. The van der Waals surface area contributed by atoms with Crippen LogP contribution in [0.25, 0.3) is 0 Å². The summed E-state index contributed by atoms with van der Waals surface area (Å²) in [6.07, 6.45) is 3.04. The maximum Gasteiger partial charge on any atom is 0.225 e. The number of hydrogen-bond acceptors (Lipinski definition) is 4. The van der Waals surface area contributed by atoms with Crippen LogP contribution in [0.3, 0.4) is 0 Å². The highest BCUT2D eigenvalue weighted by Gasteiger charge is 2.24. The first-order valence-electron chi connectivity index (χ1n) is 9.08. The van der Waals surface area contributed by atoms with Gasteiger partial charge in [-0.2, -0.15) is 4.98 Å². The van der Waals surface area contributed by atoms with Gasteiger partial charge in [-0.1, -0.05) is 38.1 Å². The molecule has 24 heavy (non-hydrogen) atoms. The number of rotatable bonds is 5. The Bertz CT molecular complexity index is 698. The lowest BCUT2D eigenvalue weighted by molar-refractivity contribution is 0.585. The number of fused-ring (bicyclic) bond motifs is 1. The summed E-state index contributed by atoms with van der Waals surface area (Å²) in [5, 5.41) is 3.43. The average molecular weight is 324 g/mol. The Labute approximate surface area is 145 Å². The highest BCUT2D eigenvalue weighted by Crippen LogP contribution is 2.28. The highest BCUT2D eigenvalue weighted by atomic mass is 15.3. The molecule has 0 saturated carbocycles. The zero-order valence-electron chi connectivity index (χ0n) is 15.2. The first-order valence-corrected chi connectivity index (χ1v) is 9.08. The van der Waals surface area contributed by atoms with E-state index in [1.165, 1.54) is 11.1 Å². The number of aryl methyl sites for hydroxylation is 1. The van der Waals surface area contributed by atoms with Gasteiger partial charge < -0.3 is 10.2 Å². The Morgan fingerprint density at radius 1 is 1.21 bits per heavy atom. The molecular weight excluding hydrogens is 296 g/mol. The predicted molar refractivity (Wildman–Crippen MR) is 101 cm³/mol. The molecule has 0 unspecified atom stereocenters. The molecule has 2 atom stereocenters. The Hall–Kier alpha value is -2.10. The number of anilines is 2. The van der Waals surface area contributed by atoms with Gasteiger partial charge in [-0.3, -0.25) is 0 Å². The molecule has 128 valence electrons. The predicted octanol–water partition coefficient (Wildman–Crippen LogP) is 4.20. The number of nitrogens with one attached hydrogen (secondary N) is 1. The number of benzene rings is 1. The molecule has 0 saturated heterocycles. The van der Waals surface area contributed by atoms with E-state index < -0.39 is 0 Å². The molecule has 0 radical (unpaired) electrons. The van der Waals surface area contributed by atoms with Gasteiger partial charge in [0.25, 0.3) is 0 Å². The Morgan fingerprint density at radius 2 is 1.96 bits per heavy atom. The summed E-state index contributed by atoms with van der Waals surface area (Å²) in [7, 11) is 0. The molecule has 0 spiro atoms. The summed E-state index contributed by atoms with van der Waals surface area (Å²) >= 11 is 0. The van der Waals surface area contributed by atoms with E-state index >= 15 is 0 Å². The standard InChI is InChI=1S/C20H28N4/c1-5-14(3)21-20-22-18(6-2)12-19(23-20)24-13-17-10-8-7-9-16(17)11-15(24)4/h7-10,12,14-15H,5-6,11,13H2,1-4H3,(H,21,22,23)/t14-,15+/m1/s1. The van der Waals surface area contributed by atoms with Crippen molar-refractivity contribution in [2.45, 2.75) is 65.6 Å². The Balaban J connectivity index is 1.92. The van der Waals surface area contributed by atoms with Crippen molar-refractivity contribution in [2.24, 2.45) is 0 Å². The lowest BCUT2D eigenvalue weighted by Gasteiger charge is -2.36. The first-order chi connectivity index (χ1) is 11.6. The largest absolute Gasteiger partial charge is 0.352 e. The quantitative estimate of drug-likeness (QED) is 0.895. The lowest BCUT2D eigenvalue weighted by atomic mass is 9.95. The van der Waals surface area contributed by atoms with Gasteiger partial charge in [0.2, 0.25) is 5.95 Å². The van der Waals surface area contributed by atoms with Crippen LogP contribution in [0, 0.1) is 0 Å². The van der Waals surface area contributed by atoms with E-state index in [9.17, 15) is 0 Å². The second kappa shape index (κ2) is 7.20. The van der Waals surface area contributed by atoms with Crippen molar-refractivity contribution < 1.29 is 0 Å². The van der Waals surface area contributed by atoms with E-state index in [4.69, 9.17) is 4.98 Å². The lowest BCUT2D eigenvalue weighted by Crippen LogP contribution is -2.39. The van der Waals surface area contributed by atoms with Crippen LogP contribution in [0.4, 0.5) is 11.8 Å². The fraction of sp³-hybridized carbons (Fsp3) is 0.500. The molecule has 1 aliphatic rings. The van der Waals surface area contributed by atoms with E-state index in [2.05, 4.69) is 73.2 Å². The fourth-order valence-corrected chi connectivity index (χ4v) is 3.18. The summed E-state index contributed by atoms with van der Waals surface area (Å²) in [6.45, 7) is 9.69. The smallest absolute Gasteiger partial charge is 0.225 e. The summed E-state index contributed by atoms with van der Waals surface area (Å²) < 4.78 is 0. The summed E-state index contributed by atoms with van der Waals surface area (Å²) in [6, 6.07) is 11.7. The number of hydrogen-bond donors (Lipinski definition) is 1. The highest BCUT2D eigenvalue weighted by molar-refractivity contribution is 5.49. The molecule has 2 heterocycles. The molecule has 1 N–H and O–H groups in total. The van der Waals surface area contributed by atoms with Gasteiger partial charge >= 0.3 is 0 Å². The van der Waals surface area contributed by atoms with Crippen LogP contribution >= 0.6 is 0 Å². The zero-order chi connectivity index (χ0) is 17.1. The first kappa shape index (κ1) is 16.7. The van der Waals surface area contributed by atoms with Crippen molar-refractivity contribution in [3.63, 3.8) is 0 Å². The molecule has 0 bridgehead atoms. The van der Waals surface area contributed by atoms with Crippen LogP contribution in [-0.4, -0.2) is 22.1 Å². The van der Waals surface area contributed by atoms with E-state index in [1.54, 1.807) is 0 Å². The third kappa shape index (κ3) is 3.53. The molecule has 0 fully saturated rings. The average Bonchev–Trinajstić information content (AvgIpc) is 2.60. The van der Waals surface area contributed by atoms with Crippen molar-refractivity contribution in [3.05, 3.63) is 47.2 Å². The fourth-order valence-electron chi connectivity index (χ4n) is 3.18. The van der Waals surface area contributed by atoms with Crippen LogP contribution in [0.15, 0.2) is 30.3 Å². The third-order valence-corrected chi connectivity index (χ3v) is 4.92. The molecule has 4 nitrogen and oxygen atoms in total. The molecule has 2 aromatic rings. The second-order valence-corrected chi connectivity index (χ2v) is 6.80. The Kier molecular flexibility index (Phi) is 5.03. The van der Waals surface area contributed by atoms with Crippen molar-refractivity contribution >= 4 is 11.8 Å². The van der Waals surface area contributed by atoms with Crippen LogP contribution in [-0.2, 0) is 19.4 Å². The van der Waals surface area contributed by atoms with E-state index in [1.807, 2.05) is 0 Å². The molecule has 0 amide bonds. The van der Waals surface area contributed by atoms with E-state index in [0.29, 0.717) is 12.1 Å². The minimum absolute atomic E-state index is 0.379. The summed E-state index contributed by atoms with van der Waals surface area (Å²) in [5.41, 5.74) is 3.96. The molecule has 1 aromatic carbocycles. The van der Waals surface area contributed by atoms with Crippen LogP contribution < -0.4 is 10.2 Å². The molecule has 4 heteroatoms. The van der Waals surface area contributed by atoms with Gasteiger partial charge in [-0.05, 0) is 44.2 Å². The maximum absolute atomic E-state index is 4.82.